The van der Waals surface area contributed by atoms with Crippen LogP contribution in [0.2, 0.25) is 5.02 Å². The standard InChI is InChI=1S/C22H22ClN3O3/c1-13-5-8-18(15(3)11-13)24-22(28)16(4)29-20-9-10-21(27)26(25-20)19-12-17(23)7-6-14(19)2/h5-12,16H,1-4H3,(H,24,28)/t16-/m1/s1. The maximum absolute atomic E-state index is 12.5. The van der Waals surface area contributed by atoms with Crippen LogP contribution >= 0.6 is 11.6 Å². The summed E-state index contributed by atoms with van der Waals surface area (Å²) >= 11 is 6.06. The summed E-state index contributed by atoms with van der Waals surface area (Å²) in [7, 11) is 0. The molecule has 1 heterocycles. The third-order valence-corrected chi connectivity index (χ3v) is 4.72. The number of ether oxygens (including phenoxy) is 1. The maximum atomic E-state index is 12.5. The Morgan fingerprint density at radius 2 is 1.83 bits per heavy atom. The third-order valence-electron chi connectivity index (χ3n) is 4.48. The van der Waals surface area contributed by atoms with Gasteiger partial charge in [-0.1, -0.05) is 35.4 Å². The lowest BCUT2D eigenvalue weighted by molar-refractivity contribution is -0.122. The van der Waals surface area contributed by atoms with Crippen LogP contribution in [0.4, 0.5) is 5.69 Å². The zero-order valence-corrected chi connectivity index (χ0v) is 17.4. The van der Waals surface area contributed by atoms with Crippen molar-refractivity contribution in [2.75, 3.05) is 5.32 Å². The number of aryl methyl sites for hydroxylation is 3. The van der Waals surface area contributed by atoms with E-state index in [1.54, 1.807) is 25.1 Å². The van der Waals surface area contributed by atoms with Crippen LogP contribution in [0.1, 0.15) is 23.6 Å². The highest BCUT2D eigenvalue weighted by Gasteiger charge is 2.17. The summed E-state index contributed by atoms with van der Waals surface area (Å²) in [6.07, 6.45) is -0.811. The highest BCUT2D eigenvalue weighted by molar-refractivity contribution is 6.30. The molecule has 0 aliphatic rings. The molecule has 0 unspecified atom stereocenters. The largest absolute Gasteiger partial charge is 0.463 e. The van der Waals surface area contributed by atoms with E-state index in [1.165, 1.54) is 16.8 Å². The number of amides is 1. The van der Waals surface area contributed by atoms with Gasteiger partial charge in [0.1, 0.15) is 0 Å². The molecule has 3 aromatic rings. The molecule has 0 saturated carbocycles. The van der Waals surface area contributed by atoms with Gasteiger partial charge in [-0.25, -0.2) is 0 Å². The normalized spacial score (nSPS) is 11.8. The van der Waals surface area contributed by atoms with Crippen molar-refractivity contribution >= 4 is 23.2 Å². The van der Waals surface area contributed by atoms with Gasteiger partial charge in [0.25, 0.3) is 11.5 Å². The minimum absolute atomic E-state index is 0.159. The number of benzene rings is 2. The van der Waals surface area contributed by atoms with E-state index in [0.29, 0.717) is 10.7 Å². The number of nitrogens with one attached hydrogen (secondary N) is 1. The highest BCUT2D eigenvalue weighted by atomic mass is 35.5. The second-order valence-corrected chi connectivity index (χ2v) is 7.36. The van der Waals surface area contributed by atoms with Crippen molar-refractivity contribution in [3.05, 3.63) is 80.6 Å². The minimum Gasteiger partial charge on any atom is -0.463 e. The molecule has 0 saturated heterocycles. The van der Waals surface area contributed by atoms with Crippen molar-refractivity contribution < 1.29 is 9.53 Å². The van der Waals surface area contributed by atoms with Gasteiger partial charge in [-0.15, -0.1) is 5.10 Å². The molecule has 150 valence electrons. The predicted molar refractivity (Wildman–Crippen MR) is 114 cm³/mol. The summed E-state index contributed by atoms with van der Waals surface area (Å²) in [5.41, 5.74) is 3.88. The van der Waals surface area contributed by atoms with Gasteiger partial charge < -0.3 is 10.1 Å². The second kappa shape index (κ2) is 8.49. The van der Waals surface area contributed by atoms with E-state index in [2.05, 4.69) is 10.4 Å². The van der Waals surface area contributed by atoms with E-state index in [0.717, 1.165) is 22.4 Å². The summed E-state index contributed by atoms with van der Waals surface area (Å²) < 4.78 is 6.90. The van der Waals surface area contributed by atoms with Gasteiger partial charge in [0.15, 0.2) is 6.10 Å². The fourth-order valence-electron chi connectivity index (χ4n) is 2.86. The predicted octanol–water partition coefficient (Wildman–Crippen LogP) is 4.22. The molecule has 0 spiro atoms. The molecule has 2 aromatic carbocycles. The molecular weight excluding hydrogens is 390 g/mol. The molecule has 29 heavy (non-hydrogen) atoms. The summed E-state index contributed by atoms with van der Waals surface area (Å²) in [6.45, 7) is 7.40. The number of hydrogen-bond acceptors (Lipinski definition) is 4. The van der Waals surface area contributed by atoms with Crippen LogP contribution in [-0.2, 0) is 4.79 Å². The quantitative estimate of drug-likeness (QED) is 0.682. The lowest BCUT2D eigenvalue weighted by Crippen LogP contribution is -2.31. The maximum Gasteiger partial charge on any atom is 0.271 e. The Labute approximate surface area is 174 Å². The molecule has 0 aliphatic carbocycles. The number of carbonyl (C=O) groups is 1. The lowest BCUT2D eigenvalue weighted by Gasteiger charge is -2.16. The zero-order chi connectivity index (χ0) is 21.1. The minimum atomic E-state index is -0.811. The Balaban J connectivity index is 1.80. The molecule has 0 radical (unpaired) electrons. The summed E-state index contributed by atoms with van der Waals surface area (Å²) in [5.74, 6) is -0.150. The molecule has 0 aliphatic heterocycles. The first-order valence-corrected chi connectivity index (χ1v) is 9.54. The Morgan fingerprint density at radius 1 is 1.07 bits per heavy atom. The van der Waals surface area contributed by atoms with Gasteiger partial charge in [-0.2, -0.15) is 4.68 Å². The van der Waals surface area contributed by atoms with Crippen molar-refractivity contribution in [2.45, 2.75) is 33.8 Å². The number of nitrogens with zero attached hydrogens (tertiary/aromatic N) is 2. The van der Waals surface area contributed by atoms with E-state index in [1.807, 2.05) is 39.0 Å². The van der Waals surface area contributed by atoms with Gasteiger partial charge >= 0.3 is 0 Å². The number of rotatable bonds is 5. The van der Waals surface area contributed by atoms with Crippen molar-refractivity contribution in [1.82, 2.24) is 9.78 Å². The lowest BCUT2D eigenvalue weighted by atomic mass is 10.1. The van der Waals surface area contributed by atoms with E-state index in [4.69, 9.17) is 16.3 Å². The van der Waals surface area contributed by atoms with Crippen molar-refractivity contribution in [2.24, 2.45) is 0 Å². The number of halogens is 1. The number of hydrogen-bond donors (Lipinski definition) is 1. The SMILES string of the molecule is Cc1ccc(NC(=O)[C@@H](C)Oc2ccc(=O)n(-c3cc(Cl)ccc3C)n2)c(C)c1. The highest BCUT2D eigenvalue weighted by Crippen LogP contribution is 2.19. The summed E-state index contributed by atoms with van der Waals surface area (Å²) in [6, 6.07) is 13.8. The average molecular weight is 412 g/mol. The van der Waals surface area contributed by atoms with Gasteiger partial charge in [-0.05, 0) is 57.0 Å². The summed E-state index contributed by atoms with van der Waals surface area (Å²) in [5, 5.41) is 7.59. The first-order valence-electron chi connectivity index (χ1n) is 9.16. The van der Waals surface area contributed by atoms with Crippen LogP contribution in [0.25, 0.3) is 5.69 Å². The van der Waals surface area contributed by atoms with E-state index in [-0.39, 0.29) is 17.3 Å². The van der Waals surface area contributed by atoms with Gasteiger partial charge in [0.05, 0.1) is 5.69 Å². The summed E-state index contributed by atoms with van der Waals surface area (Å²) in [4.78, 5) is 24.8. The molecule has 1 atom stereocenters. The Morgan fingerprint density at radius 3 is 2.55 bits per heavy atom. The van der Waals surface area contributed by atoms with Crippen LogP contribution in [-0.4, -0.2) is 21.8 Å². The van der Waals surface area contributed by atoms with Gasteiger partial charge in [0, 0.05) is 22.8 Å². The Bertz CT molecular complexity index is 1120. The van der Waals surface area contributed by atoms with Crippen LogP contribution < -0.4 is 15.6 Å². The zero-order valence-electron chi connectivity index (χ0n) is 16.7. The average Bonchev–Trinajstić information content (AvgIpc) is 2.67. The molecule has 0 fully saturated rings. The van der Waals surface area contributed by atoms with Crippen molar-refractivity contribution in [1.29, 1.82) is 0 Å². The molecular formula is C22H22ClN3O3. The fourth-order valence-corrected chi connectivity index (χ4v) is 3.03. The van der Waals surface area contributed by atoms with Gasteiger partial charge in [0.2, 0.25) is 5.88 Å². The first kappa shape index (κ1) is 20.6. The molecule has 1 amide bonds. The third kappa shape index (κ3) is 4.84. The van der Waals surface area contributed by atoms with Crippen molar-refractivity contribution in [3.63, 3.8) is 0 Å². The molecule has 0 bridgehead atoms. The Kier molecular flexibility index (Phi) is 6.03. The Hall–Kier alpha value is -3.12. The molecule has 7 heteroatoms. The van der Waals surface area contributed by atoms with Crippen LogP contribution in [0, 0.1) is 20.8 Å². The van der Waals surface area contributed by atoms with Crippen LogP contribution in [0.3, 0.4) is 0 Å². The van der Waals surface area contributed by atoms with Gasteiger partial charge in [-0.3, -0.25) is 9.59 Å². The second-order valence-electron chi connectivity index (χ2n) is 6.92. The van der Waals surface area contributed by atoms with E-state index in [9.17, 15) is 9.59 Å². The molecule has 6 nitrogen and oxygen atoms in total. The smallest absolute Gasteiger partial charge is 0.271 e. The molecule has 3 rings (SSSR count). The first-order chi connectivity index (χ1) is 13.7. The van der Waals surface area contributed by atoms with E-state index < -0.39 is 6.10 Å². The number of aromatic nitrogens is 2. The monoisotopic (exact) mass is 411 g/mol. The van der Waals surface area contributed by atoms with E-state index >= 15 is 0 Å². The molecule has 1 aromatic heterocycles. The van der Waals surface area contributed by atoms with Crippen LogP contribution in [0.5, 0.6) is 5.88 Å². The number of carbonyl (C=O) groups excluding carboxylic acids is 1. The fraction of sp³-hybridized carbons (Fsp3) is 0.227. The molecule has 1 N–H and O–H groups in total. The topological polar surface area (TPSA) is 73.2 Å². The number of anilines is 1. The van der Waals surface area contributed by atoms with Crippen LogP contribution in [0.15, 0.2) is 53.3 Å². The van der Waals surface area contributed by atoms with Crippen molar-refractivity contribution in [3.8, 4) is 11.6 Å².